The van der Waals surface area contributed by atoms with Gasteiger partial charge in [0.1, 0.15) is 0 Å². The Balaban J connectivity index is 2.61. The minimum Gasteiger partial charge on any atom is -0.198 e. The number of nitrogens with zero attached hydrogens (tertiary/aromatic N) is 1. The molecule has 0 unspecified atom stereocenters. The molecule has 5 heteroatoms. The molecule has 1 rings (SSSR count). The molecule has 1 nitrogen and oxygen atoms in total. The third-order valence-corrected chi connectivity index (χ3v) is 2.68. The number of hydrogen-bond donors (Lipinski definition) is 0. The molecule has 0 bridgehead atoms. The van der Waals surface area contributed by atoms with Crippen molar-refractivity contribution in [1.29, 1.82) is 5.26 Å². The van der Waals surface area contributed by atoms with E-state index in [1.54, 1.807) is 0 Å². The third kappa shape index (κ3) is 3.84. The fraction of sp³-hybridized carbons (Fsp3) is 0.300. The van der Waals surface area contributed by atoms with Crippen molar-refractivity contribution in [2.24, 2.45) is 0 Å². The van der Waals surface area contributed by atoms with E-state index in [0.29, 0.717) is 12.2 Å². The zero-order valence-electron chi connectivity index (χ0n) is 7.71. The predicted molar refractivity (Wildman–Crippen MR) is 52.4 cm³/mol. The van der Waals surface area contributed by atoms with Crippen molar-refractivity contribution in [2.75, 3.05) is 5.75 Å². The maximum Gasteiger partial charge on any atom is 0.416 e. The Hall–Kier alpha value is -1.15. The highest BCUT2D eigenvalue weighted by molar-refractivity contribution is 7.99. The molecule has 0 heterocycles. The number of rotatable bonds is 3. The van der Waals surface area contributed by atoms with Crippen LogP contribution in [0.5, 0.6) is 0 Å². The smallest absolute Gasteiger partial charge is 0.198 e. The van der Waals surface area contributed by atoms with Crippen LogP contribution in [0.2, 0.25) is 0 Å². The van der Waals surface area contributed by atoms with Crippen LogP contribution in [0.15, 0.2) is 29.2 Å². The molecule has 0 radical (unpaired) electrons. The van der Waals surface area contributed by atoms with Gasteiger partial charge in [0, 0.05) is 17.1 Å². The number of hydrogen-bond acceptors (Lipinski definition) is 2. The monoisotopic (exact) mass is 231 g/mol. The van der Waals surface area contributed by atoms with E-state index in [1.165, 1.54) is 23.9 Å². The minimum absolute atomic E-state index is 0.395. The quantitative estimate of drug-likeness (QED) is 0.585. The Kier molecular flexibility index (Phi) is 4.04. The zero-order chi connectivity index (χ0) is 11.3. The lowest BCUT2D eigenvalue weighted by Gasteiger charge is -2.06. The highest BCUT2D eigenvalue weighted by Crippen LogP contribution is 2.30. The van der Waals surface area contributed by atoms with Crippen LogP contribution in [0.3, 0.4) is 0 Å². The number of alkyl halides is 3. The van der Waals surface area contributed by atoms with Crippen molar-refractivity contribution in [3.8, 4) is 6.07 Å². The first-order valence-electron chi connectivity index (χ1n) is 4.21. The van der Waals surface area contributed by atoms with E-state index in [2.05, 4.69) is 0 Å². The molecule has 80 valence electrons. The summed E-state index contributed by atoms with van der Waals surface area (Å²) in [5.41, 5.74) is -0.646. The SMILES string of the molecule is N#CCCSc1ccc(C(F)(F)F)cc1. The van der Waals surface area contributed by atoms with Crippen LogP contribution in [0, 0.1) is 11.3 Å². The largest absolute Gasteiger partial charge is 0.416 e. The number of benzene rings is 1. The van der Waals surface area contributed by atoms with Crippen LogP contribution in [0.25, 0.3) is 0 Å². The van der Waals surface area contributed by atoms with E-state index in [4.69, 9.17) is 5.26 Å². The lowest BCUT2D eigenvalue weighted by atomic mass is 10.2. The molecule has 0 spiro atoms. The Morgan fingerprint density at radius 3 is 2.27 bits per heavy atom. The molecule has 1 aromatic rings. The van der Waals surface area contributed by atoms with Crippen LogP contribution < -0.4 is 0 Å². The van der Waals surface area contributed by atoms with E-state index in [-0.39, 0.29) is 0 Å². The van der Waals surface area contributed by atoms with Gasteiger partial charge in [0.05, 0.1) is 11.6 Å². The molecule has 0 N–H and O–H groups in total. The van der Waals surface area contributed by atoms with Gasteiger partial charge in [-0.3, -0.25) is 0 Å². The number of nitriles is 1. The van der Waals surface area contributed by atoms with Gasteiger partial charge in [-0.1, -0.05) is 0 Å². The summed E-state index contributed by atoms with van der Waals surface area (Å²) < 4.78 is 36.5. The van der Waals surface area contributed by atoms with Gasteiger partial charge >= 0.3 is 6.18 Å². The summed E-state index contributed by atoms with van der Waals surface area (Å²) in [7, 11) is 0. The van der Waals surface area contributed by atoms with Gasteiger partial charge < -0.3 is 0 Å². The van der Waals surface area contributed by atoms with Crippen molar-refractivity contribution < 1.29 is 13.2 Å². The van der Waals surface area contributed by atoms with Crippen LogP contribution >= 0.6 is 11.8 Å². The molecule has 0 aliphatic carbocycles. The van der Waals surface area contributed by atoms with Gasteiger partial charge in [-0.2, -0.15) is 18.4 Å². The second kappa shape index (κ2) is 5.08. The van der Waals surface area contributed by atoms with E-state index in [0.717, 1.165) is 17.0 Å². The van der Waals surface area contributed by atoms with Gasteiger partial charge in [-0.25, -0.2) is 0 Å². The van der Waals surface area contributed by atoms with E-state index in [9.17, 15) is 13.2 Å². The average molecular weight is 231 g/mol. The highest BCUT2D eigenvalue weighted by Gasteiger charge is 2.29. The molecule has 0 saturated heterocycles. The number of thioether (sulfide) groups is 1. The van der Waals surface area contributed by atoms with Gasteiger partial charge in [-0.05, 0) is 24.3 Å². The molecule has 0 saturated carbocycles. The van der Waals surface area contributed by atoms with E-state index in [1.807, 2.05) is 6.07 Å². The predicted octanol–water partition coefficient (Wildman–Crippen LogP) is 3.71. The van der Waals surface area contributed by atoms with Crippen LogP contribution in [-0.2, 0) is 6.18 Å². The summed E-state index contributed by atoms with van der Waals surface area (Å²) in [5, 5.41) is 8.28. The molecule has 0 fully saturated rings. The first kappa shape index (κ1) is 11.9. The molecule has 0 aliphatic rings. The topological polar surface area (TPSA) is 23.8 Å². The Morgan fingerprint density at radius 1 is 1.20 bits per heavy atom. The summed E-state index contributed by atoms with van der Waals surface area (Å²) in [5.74, 6) is 0.599. The van der Waals surface area contributed by atoms with Crippen LogP contribution in [0.4, 0.5) is 13.2 Å². The van der Waals surface area contributed by atoms with Gasteiger partial charge in [-0.15, -0.1) is 11.8 Å². The maximum absolute atomic E-state index is 12.2. The van der Waals surface area contributed by atoms with Gasteiger partial charge in [0.15, 0.2) is 0 Å². The summed E-state index contributed by atoms with van der Waals surface area (Å²) in [6.07, 6.45) is -3.89. The highest BCUT2D eigenvalue weighted by atomic mass is 32.2. The Morgan fingerprint density at radius 2 is 1.80 bits per heavy atom. The van der Waals surface area contributed by atoms with Crippen LogP contribution in [0.1, 0.15) is 12.0 Å². The Bertz CT molecular complexity index is 350. The first-order chi connectivity index (χ1) is 7.04. The average Bonchev–Trinajstić information content (AvgIpc) is 2.18. The third-order valence-electron chi connectivity index (χ3n) is 1.66. The van der Waals surface area contributed by atoms with E-state index >= 15 is 0 Å². The summed E-state index contributed by atoms with van der Waals surface area (Å²) in [4.78, 5) is 0.748. The van der Waals surface area contributed by atoms with Gasteiger partial charge in [0.25, 0.3) is 0 Å². The minimum atomic E-state index is -4.28. The maximum atomic E-state index is 12.2. The summed E-state index contributed by atoms with van der Waals surface area (Å²) in [6.45, 7) is 0. The molecular formula is C10H8F3NS. The fourth-order valence-electron chi connectivity index (χ4n) is 0.955. The zero-order valence-corrected chi connectivity index (χ0v) is 8.53. The van der Waals surface area contributed by atoms with Crippen molar-refractivity contribution in [3.63, 3.8) is 0 Å². The molecule has 0 atom stereocenters. The molecule has 0 amide bonds. The second-order valence-corrected chi connectivity index (χ2v) is 3.95. The second-order valence-electron chi connectivity index (χ2n) is 2.78. The van der Waals surface area contributed by atoms with Crippen molar-refractivity contribution in [2.45, 2.75) is 17.5 Å². The lowest BCUT2D eigenvalue weighted by molar-refractivity contribution is -0.137. The van der Waals surface area contributed by atoms with E-state index < -0.39 is 11.7 Å². The normalized spacial score (nSPS) is 11.1. The molecule has 0 aromatic heterocycles. The molecule has 0 aliphatic heterocycles. The summed E-state index contributed by atoms with van der Waals surface area (Å²) in [6, 6.07) is 6.92. The molecular weight excluding hydrogens is 223 g/mol. The van der Waals surface area contributed by atoms with Crippen LogP contribution in [-0.4, -0.2) is 5.75 Å². The Labute approximate surface area is 89.9 Å². The van der Waals surface area contributed by atoms with Crippen molar-refractivity contribution in [3.05, 3.63) is 29.8 Å². The molecule has 1 aromatic carbocycles. The fourth-order valence-corrected chi connectivity index (χ4v) is 1.71. The van der Waals surface area contributed by atoms with Crippen molar-refractivity contribution in [1.82, 2.24) is 0 Å². The summed E-state index contributed by atoms with van der Waals surface area (Å²) >= 11 is 1.37. The van der Waals surface area contributed by atoms with Gasteiger partial charge in [0.2, 0.25) is 0 Å². The number of halogens is 3. The van der Waals surface area contributed by atoms with Crippen molar-refractivity contribution >= 4 is 11.8 Å². The first-order valence-corrected chi connectivity index (χ1v) is 5.19. The standard InChI is InChI=1S/C10H8F3NS/c11-10(12,13)8-2-4-9(5-3-8)15-7-1-6-14/h2-5H,1,7H2. The lowest BCUT2D eigenvalue weighted by Crippen LogP contribution is -2.03. The molecule has 15 heavy (non-hydrogen) atoms.